The number of aliphatic imine (C=N–C) groups is 1. The third-order valence-corrected chi connectivity index (χ3v) is 6.66. The van der Waals surface area contributed by atoms with Crippen molar-refractivity contribution in [1.82, 2.24) is 4.98 Å². The normalized spacial score (nSPS) is 30.8. The third kappa shape index (κ3) is 2.34. The second-order valence-corrected chi connectivity index (χ2v) is 8.44. The predicted octanol–water partition coefficient (Wildman–Crippen LogP) is 5.94. The third-order valence-electron chi connectivity index (χ3n) is 6.43. The van der Waals surface area contributed by atoms with Crippen LogP contribution in [0, 0.1) is 11.8 Å². The van der Waals surface area contributed by atoms with Crippen LogP contribution in [0.5, 0.6) is 0 Å². The van der Waals surface area contributed by atoms with E-state index in [9.17, 15) is 0 Å². The molecule has 0 saturated heterocycles. The van der Waals surface area contributed by atoms with E-state index in [1.807, 2.05) is 18.3 Å². The smallest absolute Gasteiger partial charge is 0.123 e. The van der Waals surface area contributed by atoms with E-state index in [0.29, 0.717) is 11.1 Å². The molecule has 0 fully saturated rings. The Morgan fingerprint density at radius 2 is 1.86 bits per heavy atom. The first-order valence-electron chi connectivity index (χ1n) is 9.98. The molecule has 0 amide bonds. The van der Waals surface area contributed by atoms with Gasteiger partial charge in [-0.2, -0.15) is 0 Å². The van der Waals surface area contributed by atoms with E-state index in [2.05, 4.69) is 68.5 Å². The van der Waals surface area contributed by atoms with E-state index in [-0.39, 0.29) is 12.0 Å². The maximum atomic E-state index is 6.46. The van der Waals surface area contributed by atoms with Crippen molar-refractivity contribution in [2.75, 3.05) is 0 Å². The molecule has 0 bridgehead atoms. The van der Waals surface area contributed by atoms with Gasteiger partial charge in [0.1, 0.15) is 5.17 Å². The topological polar surface area (TPSA) is 25.2 Å². The van der Waals surface area contributed by atoms with Gasteiger partial charge in [-0.1, -0.05) is 74.0 Å². The van der Waals surface area contributed by atoms with Gasteiger partial charge >= 0.3 is 0 Å². The van der Waals surface area contributed by atoms with Crippen molar-refractivity contribution in [3.05, 3.63) is 95.4 Å². The van der Waals surface area contributed by atoms with E-state index in [1.54, 1.807) is 0 Å². The van der Waals surface area contributed by atoms with E-state index in [4.69, 9.17) is 21.6 Å². The molecular weight excluding hydrogens is 364 g/mol. The SMILES string of the molecule is CC1CC=CC2=C1C(c1ccccn1)(C1N=C(Cl)C=CC1C)c1ccccc12. The van der Waals surface area contributed by atoms with Crippen molar-refractivity contribution in [2.24, 2.45) is 16.8 Å². The molecule has 1 aromatic heterocycles. The number of fused-ring (bicyclic) bond motifs is 2. The minimum Gasteiger partial charge on any atom is -0.267 e. The Morgan fingerprint density at radius 1 is 1.04 bits per heavy atom. The van der Waals surface area contributed by atoms with Crippen molar-refractivity contribution < 1.29 is 0 Å². The fraction of sp³-hybridized carbons (Fsp3) is 0.280. The lowest BCUT2D eigenvalue weighted by Gasteiger charge is -2.44. The highest BCUT2D eigenvalue weighted by atomic mass is 35.5. The number of benzene rings is 1. The van der Waals surface area contributed by atoms with Gasteiger partial charge in [0, 0.05) is 6.20 Å². The van der Waals surface area contributed by atoms with E-state index in [1.165, 1.54) is 22.3 Å². The summed E-state index contributed by atoms with van der Waals surface area (Å²) in [4.78, 5) is 9.91. The molecule has 4 atom stereocenters. The van der Waals surface area contributed by atoms with E-state index < -0.39 is 5.41 Å². The molecule has 3 aliphatic rings. The Kier molecular flexibility index (Phi) is 4.13. The lowest BCUT2D eigenvalue weighted by atomic mass is 9.61. The summed E-state index contributed by atoms with van der Waals surface area (Å²) in [5, 5.41) is 0.573. The van der Waals surface area contributed by atoms with Crippen LogP contribution in [-0.4, -0.2) is 16.2 Å². The molecule has 1 aromatic carbocycles. The zero-order valence-corrected chi connectivity index (χ0v) is 16.9. The molecule has 2 aromatic rings. The zero-order valence-electron chi connectivity index (χ0n) is 16.1. The summed E-state index contributed by atoms with van der Waals surface area (Å²) >= 11 is 6.46. The molecule has 0 radical (unpaired) electrons. The van der Waals surface area contributed by atoms with Gasteiger partial charge in [-0.15, -0.1) is 0 Å². The molecule has 0 saturated carbocycles. The quantitative estimate of drug-likeness (QED) is 0.626. The number of hydrogen-bond acceptors (Lipinski definition) is 2. The Bertz CT molecular complexity index is 1050. The van der Waals surface area contributed by atoms with Gasteiger partial charge in [-0.3, -0.25) is 9.98 Å². The molecule has 5 rings (SSSR count). The second kappa shape index (κ2) is 6.56. The summed E-state index contributed by atoms with van der Waals surface area (Å²) in [5.41, 5.74) is 6.05. The Labute approximate surface area is 171 Å². The second-order valence-electron chi connectivity index (χ2n) is 8.05. The number of rotatable bonds is 2. The molecule has 140 valence electrons. The minimum atomic E-state index is -0.401. The maximum absolute atomic E-state index is 6.46. The molecule has 3 heteroatoms. The summed E-state index contributed by atoms with van der Waals surface area (Å²) in [7, 11) is 0. The molecule has 0 spiro atoms. The van der Waals surface area contributed by atoms with Gasteiger partial charge in [0.25, 0.3) is 0 Å². The number of dihydropyridines is 1. The highest BCUT2D eigenvalue weighted by molar-refractivity contribution is 6.68. The molecule has 1 aliphatic heterocycles. The number of hydrogen-bond donors (Lipinski definition) is 0. The lowest BCUT2D eigenvalue weighted by molar-refractivity contribution is 0.368. The highest BCUT2D eigenvalue weighted by Crippen LogP contribution is 2.58. The lowest BCUT2D eigenvalue weighted by Crippen LogP contribution is -2.46. The largest absolute Gasteiger partial charge is 0.267 e. The van der Waals surface area contributed by atoms with Crippen molar-refractivity contribution in [2.45, 2.75) is 31.7 Å². The number of aromatic nitrogens is 1. The van der Waals surface area contributed by atoms with Crippen LogP contribution in [0.2, 0.25) is 0 Å². The summed E-state index contributed by atoms with van der Waals surface area (Å²) < 4.78 is 0. The Hall–Kier alpha value is -2.45. The molecule has 2 nitrogen and oxygen atoms in total. The van der Waals surface area contributed by atoms with Gasteiger partial charge in [0.15, 0.2) is 0 Å². The minimum absolute atomic E-state index is 0.0255. The molecule has 2 heterocycles. The predicted molar refractivity (Wildman–Crippen MR) is 117 cm³/mol. The van der Waals surface area contributed by atoms with Crippen LogP contribution in [0.1, 0.15) is 37.1 Å². The van der Waals surface area contributed by atoms with E-state index >= 15 is 0 Å². The van der Waals surface area contributed by atoms with Crippen molar-refractivity contribution in [1.29, 1.82) is 0 Å². The van der Waals surface area contributed by atoms with Gasteiger partial charge in [-0.25, -0.2) is 0 Å². The molecule has 0 N–H and O–H groups in total. The van der Waals surface area contributed by atoms with Crippen molar-refractivity contribution >= 4 is 22.3 Å². The monoisotopic (exact) mass is 386 g/mol. The summed E-state index contributed by atoms with van der Waals surface area (Å²) in [5.74, 6) is 0.670. The van der Waals surface area contributed by atoms with Crippen LogP contribution >= 0.6 is 11.6 Å². The summed E-state index contributed by atoms with van der Waals surface area (Å²) in [6.45, 7) is 4.57. The van der Waals surface area contributed by atoms with Gasteiger partial charge in [0.05, 0.1) is 17.2 Å². The van der Waals surface area contributed by atoms with Crippen molar-refractivity contribution in [3.63, 3.8) is 0 Å². The first-order chi connectivity index (χ1) is 13.6. The standard InChI is InChI=1S/C25H23ClN2/c1-16-8-7-10-19-18-9-3-4-11-20(18)25(23(16)19,21-12-5-6-15-27-21)24-17(2)13-14-22(26)28-24/h3-7,9-17,24H,8H2,1-2H3. The fourth-order valence-electron chi connectivity index (χ4n) is 5.37. The molecule has 4 unspecified atom stereocenters. The maximum Gasteiger partial charge on any atom is 0.123 e. The highest BCUT2D eigenvalue weighted by Gasteiger charge is 2.55. The molecule has 2 aliphatic carbocycles. The summed E-state index contributed by atoms with van der Waals surface area (Å²) in [6, 6.07) is 15.0. The van der Waals surface area contributed by atoms with Crippen LogP contribution in [0.15, 0.2) is 83.5 Å². The Morgan fingerprint density at radius 3 is 2.68 bits per heavy atom. The van der Waals surface area contributed by atoms with E-state index in [0.717, 1.165) is 12.1 Å². The van der Waals surface area contributed by atoms with Crippen LogP contribution in [-0.2, 0) is 5.41 Å². The Balaban J connectivity index is 1.91. The summed E-state index contributed by atoms with van der Waals surface area (Å²) in [6.07, 6.45) is 11.7. The van der Waals surface area contributed by atoms with Crippen LogP contribution in [0.25, 0.3) is 5.57 Å². The zero-order chi connectivity index (χ0) is 19.3. The first kappa shape index (κ1) is 17.6. The van der Waals surface area contributed by atoms with Gasteiger partial charge in [0.2, 0.25) is 0 Å². The van der Waals surface area contributed by atoms with Crippen LogP contribution in [0.4, 0.5) is 0 Å². The van der Waals surface area contributed by atoms with Crippen molar-refractivity contribution in [3.8, 4) is 0 Å². The number of nitrogens with zero attached hydrogens (tertiary/aromatic N) is 2. The number of allylic oxidation sites excluding steroid dienone is 4. The molecule has 28 heavy (non-hydrogen) atoms. The van der Waals surface area contributed by atoms with Crippen LogP contribution < -0.4 is 0 Å². The van der Waals surface area contributed by atoms with Gasteiger partial charge < -0.3 is 0 Å². The number of pyridine rings is 1. The van der Waals surface area contributed by atoms with Crippen LogP contribution in [0.3, 0.4) is 0 Å². The average Bonchev–Trinajstić information content (AvgIpc) is 3.03. The van der Waals surface area contributed by atoms with Gasteiger partial charge in [-0.05, 0) is 58.7 Å². The first-order valence-corrected chi connectivity index (χ1v) is 10.4. The number of halogens is 1. The fourth-order valence-corrected chi connectivity index (χ4v) is 5.55. The molecular formula is C25H23ClN2. The average molecular weight is 387 g/mol.